The molecule has 1 atom stereocenters. The van der Waals surface area contributed by atoms with E-state index in [1.54, 1.807) is 13.3 Å². The van der Waals surface area contributed by atoms with Gasteiger partial charge in [0.2, 0.25) is 5.91 Å². The Morgan fingerprint density at radius 3 is 2.71 bits per heavy atom. The number of nitrogens with zero attached hydrogens (tertiary/aromatic N) is 6. The molecule has 4 rings (SSSR count). The fourth-order valence-corrected chi connectivity index (χ4v) is 4.98. The van der Waals surface area contributed by atoms with E-state index in [4.69, 9.17) is 0 Å². The highest BCUT2D eigenvalue weighted by molar-refractivity contribution is 5.73. The maximum Gasteiger partial charge on any atom is 0.254 e. The van der Waals surface area contributed by atoms with E-state index in [0.717, 1.165) is 69.7 Å². The monoisotopic (exact) mass is 384 g/mol. The first-order valence-corrected chi connectivity index (χ1v) is 10.9. The van der Waals surface area contributed by atoms with Crippen molar-refractivity contribution in [1.82, 2.24) is 24.5 Å². The van der Waals surface area contributed by atoms with Gasteiger partial charge in [0.1, 0.15) is 12.1 Å². The van der Waals surface area contributed by atoms with Crippen molar-refractivity contribution in [3.05, 3.63) is 18.1 Å². The predicted molar refractivity (Wildman–Crippen MR) is 109 cm³/mol. The Kier molecular flexibility index (Phi) is 5.78. The van der Waals surface area contributed by atoms with Gasteiger partial charge in [-0.1, -0.05) is 26.2 Å². The molecule has 4 heterocycles. The number of aryl methyl sites for hydroxylation is 1. The van der Waals surface area contributed by atoms with E-state index < -0.39 is 0 Å². The van der Waals surface area contributed by atoms with E-state index in [1.807, 2.05) is 4.52 Å². The minimum absolute atomic E-state index is 0.247. The number of hydrogen-bond acceptors (Lipinski definition) is 5. The van der Waals surface area contributed by atoms with Gasteiger partial charge in [0.15, 0.2) is 0 Å². The maximum atomic E-state index is 12.2. The van der Waals surface area contributed by atoms with Gasteiger partial charge in [0, 0.05) is 44.4 Å². The van der Waals surface area contributed by atoms with Gasteiger partial charge in [-0.2, -0.15) is 14.6 Å². The van der Waals surface area contributed by atoms with Crippen molar-refractivity contribution in [2.24, 2.45) is 5.92 Å². The second-order valence-corrected chi connectivity index (χ2v) is 8.28. The minimum Gasteiger partial charge on any atom is -0.356 e. The zero-order chi connectivity index (χ0) is 19.5. The molecule has 2 fully saturated rings. The first kappa shape index (κ1) is 19.2. The first-order chi connectivity index (χ1) is 13.7. The van der Waals surface area contributed by atoms with Crippen LogP contribution in [0.15, 0.2) is 12.4 Å². The second kappa shape index (κ2) is 8.45. The minimum atomic E-state index is 0.247. The number of aromatic nitrogens is 4. The van der Waals surface area contributed by atoms with Crippen LogP contribution in [0.3, 0.4) is 0 Å². The summed E-state index contributed by atoms with van der Waals surface area (Å²) in [7, 11) is 0. The summed E-state index contributed by atoms with van der Waals surface area (Å²) in [6, 6.07) is 2.60. The Hall–Kier alpha value is -2.18. The quantitative estimate of drug-likeness (QED) is 0.810. The van der Waals surface area contributed by atoms with Crippen LogP contribution < -0.4 is 4.90 Å². The number of fused-ring (bicyclic) bond motifs is 1. The van der Waals surface area contributed by atoms with Gasteiger partial charge in [-0.15, -0.1) is 0 Å². The average Bonchev–Trinajstić information content (AvgIpc) is 3.03. The van der Waals surface area contributed by atoms with Gasteiger partial charge in [-0.25, -0.2) is 4.98 Å². The zero-order valence-electron chi connectivity index (χ0n) is 17.2. The van der Waals surface area contributed by atoms with Crippen molar-refractivity contribution in [2.45, 2.75) is 71.3 Å². The van der Waals surface area contributed by atoms with Crippen molar-refractivity contribution in [2.75, 3.05) is 24.5 Å². The van der Waals surface area contributed by atoms with Crippen LogP contribution in [-0.4, -0.2) is 56.1 Å². The molecule has 0 N–H and O–H groups in total. The molecule has 0 aromatic carbocycles. The number of likely N-dealkylation sites (tertiary alicyclic amines) is 1. The van der Waals surface area contributed by atoms with E-state index in [0.29, 0.717) is 17.7 Å². The number of carbonyl (C=O) groups is 1. The van der Waals surface area contributed by atoms with Crippen molar-refractivity contribution in [1.29, 1.82) is 0 Å². The number of piperidine rings is 1. The standard InChI is InChI=1S/C21H32N6O/c1-3-7-18-14-20(27-21(24-18)22-15-23-27)25-12-9-17(10-13-25)19-8-5-4-6-11-26(19)16(2)28/h14-15,17,19H,3-13H2,1-2H3/t19-/m0/s1. The van der Waals surface area contributed by atoms with E-state index in [2.05, 4.69) is 37.9 Å². The number of rotatable bonds is 4. The van der Waals surface area contributed by atoms with Crippen LogP contribution in [0.25, 0.3) is 5.78 Å². The molecule has 0 saturated carbocycles. The highest BCUT2D eigenvalue weighted by Gasteiger charge is 2.33. The molecule has 2 saturated heterocycles. The topological polar surface area (TPSA) is 66.6 Å². The second-order valence-electron chi connectivity index (χ2n) is 8.28. The smallest absolute Gasteiger partial charge is 0.254 e. The molecule has 2 aliphatic rings. The van der Waals surface area contributed by atoms with Gasteiger partial charge < -0.3 is 9.80 Å². The van der Waals surface area contributed by atoms with Crippen LogP contribution in [0.1, 0.15) is 64.5 Å². The average molecular weight is 385 g/mol. The van der Waals surface area contributed by atoms with Gasteiger partial charge in [0.25, 0.3) is 5.78 Å². The zero-order valence-corrected chi connectivity index (χ0v) is 17.2. The molecule has 0 spiro atoms. The SMILES string of the molecule is CCCc1cc(N2CCC([C@@H]3CCCCCN3C(C)=O)CC2)n2ncnc2n1. The van der Waals surface area contributed by atoms with E-state index in [-0.39, 0.29) is 5.91 Å². The van der Waals surface area contributed by atoms with Crippen LogP contribution in [-0.2, 0) is 11.2 Å². The number of hydrogen-bond donors (Lipinski definition) is 0. The first-order valence-electron chi connectivity index (χ1n) is 10.9. The molecule has 1 amide bonds. The molecule has 0 unspecified atom stereocenters. The Morgan fingerprint density at radius 1 is 1.14 bits per heavy atom. The lowest BCUT2D eigenvalue weighted by Gasteiger charge is -2.41. The molecule has 0 radical (unpaired) electrons. The summed E-state index contributed by atoms with van der Waals surface area (Å²) in [4.78, 5) is 25.7. The predicted octanol–water partition coefficient (Wildman–Crippen LogP) is 3.08. The molecular formula is C21H32N6O. The summed E-state index contributed by atoms with van der Waals surface area (Å²) in [5.74, 6) is 2.64. The summed E-state index contributed by atoms with van der Waals surface area (Å²) in [6.07, 6.45) is 10.7. The van der Waals surface area contributed by atoms with Gasteiger partial charge in [-0.3, -0.25) is 4.79 Å². The van der Waals surface area contributed by atoms with E-state index in [1.165, 1.54) is 12.8 Å². The largest absolute Gasteiger partial charge is 0.356 e. The normalized spacial score (nSPS) is 21.9. The highest BCUT2D eigenvalue weighted by atomic mass is 16.2. The van der Waals surface area contributed by atoms with Crippen LogP contribution in [0.2, 0.25) is 0 Å². The Bertz CT molecular complexity index is 810. The van der Waals surface area contributed by atoms with Gasteiger partial charge in [-0.05, 0) is 38.0 Å². The van der Waals surface area contributed by atoms with E-state index >= 15 is 0 Å². The Balaban J connectivity index is 1.50. The molecule has 2 aromatic rings. The van der Waals surface area contributed by atoms with Crippen LogP contribution in [0.4, 0.5) is 5.82 Å². The maximum absolute atomic E-state index is 12.2. The molecule has 7 heteroatoms. The third kappa shape index (κ3) is 3.84. The summed E-state index contributed by atoms with van der Waals surface area (Å²) < 4.78 is 1.87. The lowest BCUT2D eigenvalue weighted by atomic mass is 9.86. The van der Waals surface area contributed by atoms with Gasteiger partial charge >= 0.3 is 0 Å². The number of carbonyl (C=O) groups excluding carboxylic acids is 1. The fraction of sp³-hybridized carbons (Fsp3) is 0.714. The molecule has 152 valence electrons. The van der Waals surface area contributed by atoms with Gasteiger partial charge in [0.05, 0.1) is 0 Å². The summed E-state index contributed by atoms with van der Waals surface area (Å²) in [5.41, 5.74) is 1.09. The summed E-state index contributed by atoms with van der Waals surface area (Å²) in [5, 5.41) is 4.40. The third-order valence-corrected chi connectivity index (χ3v) is 6.40. The molecular weight excluding hydrogens is 352 g/mol. The third-order valence-electron chi connectivity index (χ3n) is 6.40. The van der Waals surface area contributed by atoms with Crippen LogP contribution >= 0.6 is 0 Å². The summed E-state index contributed by atoms with van der Waals surface area (Å²) >= 11 is 0. The van der Waals surface area contributed by atoms with E-state index in [9.17, 15) is 4.79 Å². The fourth-order valence-electron chi connectivity index (χ4n) is 4.98. The van der Waals surface area contributed by atoms with Crippen molar-refractivity contribution < 1.29 is 4.79 Å². The lowest BCUT2D eigenvalue weighted by Crippen LogP contribution is -2.47. The van der Waals surface area contributed by atoms with Crippen molar-refractivity contribution in [3.63, 3.8) is 0 Å². The molecule has 28 heavy (non-hydrogen) atoms. The van der Waals surface area contributed by atoms with Crippen molar-refractivity contribution >= 4 is 17.5 Å². The Morgan fingerprint density at radius 2 is 1.96 bits per heavy atom. The number of amides is 1. The summed E-state index contributed by atoms with van der Waals surface area (Å²) in [6.45, 7) is 6.84. The molecule has 2 aliphatic heterocycles. The van der Waals surface area contributed by atoms with Crippen molar-refractivity contribution in [3.8, 4) is 0 Å². The Labute approximate surface area is 167 Å². The molecule has 7 nitrogen and oxygen atoms in total. The van der Waals surface area contributed by atoms with Crippen LogP contribution in [0, 0.1) is 5.92 Å². The molecule has 0 aliphatic carbocycles. The van der Waals surface area contributed by atoms with Crippen LogP contribution in [0.5, 0.6) is 0 Å². The molecule has 0 bridgehead atoms. The molecule has 2 aromatic heterocycles. The lowest BCUT2D eigenvalue weighted by molar-refractivity contribution is -0.132. The highest BCUT2D eigenvalue weighted by Crippen LogP contribution is 2.32. The number of anilines is 1.